The fourth-order valence-electron chi connectivity index (χ4n) is 2.21. The average molecular weight is 266 g/mol. The van der Waals surface area contributed by atoms with E-state index in [4.69, 9.17) is 9.47 Å². The Balaban J connectivity index is 1.37. The molecule has 2 aromatic carbocycles. The van der Waals surface area contributed by atoms with Crippen LogP contribution in [0, 0.1) is 0 Å². The molecule has 0 N–H and O–H groups in total. The number of rotatable bonds is 6. The van der Waals surface area contributed by atoms with Crippen molar-refractivity contribution in [3.05, 3.63) is 77.9 Å². The molecule has 20 heavy (non-hydrogen) atoms. The third-order valence-corrected chi connectivity index (χ3v) is 3.32. The van der Waals surface area contributed by atoms with Gasteiger partial charge in [-0.3, -0.25) is 0 Å². The van der Waals surface area contributed by atoms with Gasteiger partial charge in [-0.15, -0.1) is 0 Å². The Hall–Kier alpha value is -1.90. The molecule has 0 spiro atoms. The van der Waals surface area contributed by atoms with Gasteiger partial charge in [0, 0.05) is 0 Å². The molecular weight excluding hydrogens is 248 g/mol. The first kappa shape index (κ1) is 13.1. The molecule has 1 heterocycles. The Bertz CT molecular complexity index is 548. The molecule has 2 nitrogen and oxygen atoms in total. The molecule has 1 saturated heterocycles. The minimum atomic E-state index is 0.211. The molecule has 0 aromatic heterocycles. The van der Waals surface area contributed by atoms with Gasteiger partial charge in [-0.05, 0) is 11.1 Å². The monoisotopic (exact) mass is 266 g/mol. The summed E-state index contributed by atoms with van der Waals surface area (Å²) in [6, 6.07) is 20.5. The highest BCUT2D eigenvalue weighted by molar-refractivity contribution is 5.48. The summed E-state index contributed by atoms with van der Waals surface area (Å²) in [5, 5.41) is 0. The fourth-order valence-corrected chi connectivity index (χ4v) is 2.21. The Morgan fingerprint density at radius 1 is 0.950 bits per heavy atom. The van der Waals surface area contributed by atoms with Gasteiger partial charge in [0.15, 0.2) is 0 Å². The zero-order valence-corrected chi connectivity index (χ0v) is 11.3. The van der Waals surface area contributed by atoms with Gasteiger partial charge >= 0.3 is 0 Å². The van der Waals surface area contributed by atoms with E-state index >= 15 is 0 Å². The van der Waals surface area contributed by atoms with Crippen LogP contribution in [0.25, 0.3) is 6.08 Å². The second-order valence-corrected chi connectivity index (χ2v) is 4.86. The van der Waals surface area contributed by atoms with E-state index in [1.807, 2.05) is 42.5 Å². The molecule has 102 valence electrons. The van der Waals surface area contributed by atoms with Crippen LogP contribution in [-0.4, -0.2) is 19.3 Å². The van der Waals surface area contributed by atoms with E-state index in [9.17, 15) is 0 Å². The van der Waals surface area contributed by atoms with E-state index in [0.29, 0.717) is 13.2 Å². The highest BCUT2D eigenvalue weighted by atomic mass is 16.6. The van der Waals surface area contributed by atoms with Gasteiger partial charge in [-0.1, -0.05) is 72.8 Å². The van der Waals surface area contributed by atoms with Crippen molar-refractivity contribution in [3.63, 3.8) is 0 Å². The molecule has 0 amide bonds. The van der Waals surface area contributed by atoms with E-state index in [2.05, 4.69) is 30.3 Å². The zero-order chi connectivity index (χ0) is 13.6. The van der Waals surface area contributed by atoms with Gasteiger partial charge < -0.3 is 9.47 Å². The highest BCUT2D eigenvalue weighted by Gasteiger charge is 2.39. The maximum absolute atomic E-state index is 5.62. The van der Waals surface area contributed by atoms with E-state index in [1.54, 1.807) is 0 Å². The maximum Gasteiger partial charge on any atom is 0.112 e. The number of epoxide rings is 1. The number of hydrogen-bond acceptors (Lipinski definition) is 2. The predicted octanol–water partition coefficient (Wildman–Crippen LogP) is 3.86. The minimum Gasteiger partial charge on any atom is -0.375 e. The van der Waals surface area contributed by atoms with Crippen molar-refractivity contribution in [2.24, 2.45) is 0 Å². The summed E-state index contributed by atoms with van der Waals surface area (Å²) in [7, 11) is 0. The molecular formula is C18H18O2. The molecule has 1 fully saturated rings. The molecule has 1 aliphatic heterocycles. The summed E-state index contributed by atoms with van der Waals surface area (Å²) >= 11 is 0. The quantitative estimate of drug-likeness (QED) is 0.585. The Labute approximate surface area is 119 Å². The van der Waals surface area contributed by atoms with Crippen LogP contribution in [0.1, 0.15) is 17.2 Å². The summed E-state index contributed by atoms with van der Waals surface area (Å²) in [5.74, 6) is 0. The van der Waals surface area contributed by atoms with E-state index in [1.165, 1.54) is 11.1 Å². The van der Waals surface area contributed by atoms with Crippen LogP contribution in [0.5, 0.6) is 0 Å². The van der Waals surface area contributed by atoms with Crippen LogP contribution >= 0.6 is 0 Å². The number of hydrogen-bond donors (Lipinski definition) is 0. The molecule has 3 rings (SSSR count). The van der Waals surface area contributed by atoms with Gasteiger partial charge in [-0.2, -0.15) is 0 Å². The van der Waals surface area contributed by atoms with E-state index < -0.39 is 0 Å². The summed E-state index contributed by atoms with van der Waals surface area (Å²) in [6.45, 7) is 1.27. The Morgan fingerprint density at radius 3 is 2.40 bits per heavy atom. The lowest BCUT2D eigenvalue weighted by Crippen LogP contribution is -2.02. The average Bonchev–Trinajstić information content (AvgIpc) is 3.28. The normalized spacial score (nSPS) is 21.2. The highest BCUT2D eigenvalue weighted by Crippen LogP contribution is 2.38. The van der Waals surface area contributed by atoms with Crippen molar-refractivity contribution in [1.29, 1.82) is 0 Å². The first-order valence-corrected chi connectivity index (χ1v) is 6.93. The number of benzene rings is 2. The summed E-state index contributed by atoms with van der Waals surface area (Å²) in [5.41, 5.74) is 2.43. The first-order chi connectivity index (χ1) is 9.93. The van der Waals surface area contributed by atoms with Gasteiger partial charge in [-0.25, -0.2) is 0 Å². The van der Waals surface area contributed by atoms with Crippen LogP contribution in [0.4, 0.5) is 0 Å². The second kappa shape index (κ2) is 6.51. The van der Waals surface area contributed by atoms with Crippen LogP contribution in [-0.2, 0) is 9.47 Å². The fraction of sp³-hybridized carbons (Fsp3) is 0.222. The van der Waals surface area contributed by atoms with Gasteiger partial charge in [0.1, 0.15) is 12.2 Å². The smallest absolute Gasteiger partial charge is 0.112 e. The SMILES string of the molecule is C(=C\c1ccccc1)/COC[C@@H]1O[C@H]1c1ccccc1. The second-order valence-electron chi connectivity index (χ2n) is 4.86. The summed E-state index contributed by atoms with van der Waals surface area (Å²) in [4.78, 5) is 0. The molecule has 0 radical (unpaired) electrons. The lowest BCUT2D eigenvalue weighted by Gasteiger charge is -1.98. The topological polar surface area (TPSA) is 21.8 Å². The van der Waals surface area contributed by atoms with Crippen LogP contribution < -0.4 is 0 Å². The standard InChI is InChI=1S/C18H18O2/c1-3-8-15(9-4-1)10-7-13-19-14-17-18(20-17)16-11-5-2-6-12-16/h1-12,17-18H,13-14H2/b10-7+/t17-,18-/m0/s1. The molecule has 0 bridgehead atoms. The van der Waals surface area contributed by atoms with Crippen LogP contribution in [0.15, 0.2) is 66.7 Å². The summed E-state index contributed by atoms with van der Waals surface area (Å²) in [6.07, 6.45) is 4.54. The molecule has 2 atom stereocenters. The lowest BCUT2D eigenvalue weighted by atomic mass is 10.1. The van der Waals surface area contributed by atoms with Gasteiger partial charge in [0.05, 0.1) is 13.2 Å². The summed E-state index contributed by atoms with van der Waals surface area (Å²) < 4.78 is 11.2. The Kier molecular flexibility index (Phi) is 4.26. The maximum atomic E-state index is 5.62. The van der Waals surface area contributed by atoms with Crippen molar-refractivity contribution in [2.45, 2.75) is 12.2 Å². The molecule has 2 aromatic rings. The van der Waals surface area contributed by atoms with Crippen LogP contribution in [0.3, 0.4) is 0 Å². The largest absolute Gasteiger partial charge is 0.375 e. The van der Waals surface area contributed by atoms with Crippen molar-refractivity contribution in [3.8, 4) is 0 Å². The van der Waals surface area contributed by atoms with E-state index in [0.717, 1.165) is 0 Å². The lowest BCUT2D eigenvalue weighted by molar-refractivity contribution is 0.141. The van der Waals surface area contributed by atoms with Crippen molar-refractivity contribution in [1.82, 2.24) is 0 Å². The molecule has 0 saturated carbocycles. The van der Waals surface area contributed by atoms with Crippen molar-refractivity contribution in [2.75, 3.05) is 13.2 Å². The third kappa shape index (κ3) is 3.56. The molecule has 0 aliphatic carbocycles. The van der Waals surface area contributed by atoms with Gasteiger partial charge in [0.25, 0.3) is 0 Å². The molecule has 1 aliphatic rings. The molecule has 0 unspecified atom stereocenters. The molecule has 2 heteroatoms. The number of ether oxygens (including phenoxy) is 2. The first-order valence-electron chi connectivity index (χ1n) is 6.93. The third-order valence-electron chi connectivity index (χ3n) is 3.32. The van der Waals surface area contributed by atoms with E-state index in [-0.39, 0.29) is 12.2 Å². The van der Waals surface area contributed by atoms with Gasteiger partial charge in [0.2, 0.25) is 0 Å². The van der Waals surface area contributed by atoms with Crippen LogP contribution in [0.2, 0.25) is 0 Å². The van der Waals surface area contributed by atoms with Crippen molar-refractivity contribution < 1.29 is 9.47 Å². The minimum absolute atomic E-state index is 0.211. The predicted molar refractivity (Wildman–Crippen MR) is 80.4 cm³/mol. The zero-order valence-electron chi connectivity index (χ0n) is 11.3. The Morgan fingerprint density at radius 2 is 1.65 bits per heavy atom. The van der Waals surface area contributed by atoms with Crippen molar-refractivity contribution >= 4 is 6.08 Å².